The maximum Gasteiger partial charge on any atom is 0.199 e. The molecule has 0 radical (unpaired) electrons. The second-order valence-corrected chi connectivity index (χ2v) is 13.4. The molecule has 5 nitrogen and oxygen atoms in total. The molecule has 2 aliphatic rings. The van der Waals surface area contributed by atoms with E-state index in [2.05, 4.69) is 150 Å². The number of rotatable bonds is 10. The number of hydrogen-bond donors (Lipinski definition) is 0. The van der Waals surface area contributed by atoms with Crippen molar-refractivity contribution in [1.82, 2.24) is 4.90 Å². The fourth-order valence-corrected chi connectivity index (χ4v) is 6.16. The summed E-state index contributed by atoms with van der Waals surface area (Å²) < 4.78 is 15.0. The maximum atomic E-state index is 6.46. The van der Waals surface area contributed by atoms with Crippen molar-refractivity contribution in [1.29, 1.82) is 0 Å². The molecular weight excluding hydrogens is 518 g/mol. The van der Waals surface area contributed by atoms with Crippen LogP contribution in [0.3, 0.4) is 0 Å². The minimum Gasteiger partial charge on any atom is -0.493 e. The molecule has 0 aromatic heterocycles. The van der Waals surface area contributed by atoms with Crippen LogP contribution in [0.15, 0.2) is 78.4 Å². The van der Waals surface area contributed by atoms with Gasteiger partial charge in [-0.05, 0) is 107 Å². The molecule has 0 unspecified atom stereocenters. The SMILES string of the molecule is CN(C)c1ccc(C(=C2C=CC(=[N+](C)C)C=C2)c2ccccc2OCCCCOC2CC(C)(C)N(C)C(C)(C)C2)cc1. The van der Waals surface area contributed by atoms with Gasteiger partial charge in [-0.15, -0.1) is 0 Å². The lowest BCUT2D eigenvalue weighted by Gasteiger charge is -2.53. The molecule has 4 rings (SSSR count). The Kier molecular flexibility index (Phi) is 10.2. The van der Waals surface area contributed by atoms with Crippen LogP contribution in [0.1, 0.15) is 64.5 Å². The third kappa shape index (κ3) is 7.62. The van der Waals surface area contributed by atoms with Crippen molar-refractivity contribution in [3.05, 3.63) is 89.5 Å². The average molecular weight is 571 g/mol. The molecule has 0 bridgehead atoms. The van der Waals surface area contributed by atoms with Crippen molar-refractivity contribution < 1.29 is 14.0 Å². The average Bonchev–Trinajstić information content (AvgIpc) is 2.94. The zero-order chi connectivity index (χ0) is 30.5. The summed E-state index contributed by atoms with van der Waals surface area (Å²) in [4.78, 5) is 4.63. The first-order valence-electron chi connectivity index (χ1n) is 15.4. The van der Waals surface area contributed by atoms with Gasteiger partial charge in [-0.2, -0.15) is 0 Å². The number of hydrogen-bond acceptors (Lipinski definition) is 4. The van der Waals surface area contributed by atoms with Gasteiger partial charge in [0.15, 0.2) is 5.71 Å². The Bertz CT molecular complexity index is 1310. The lowest BCUT2D eigenvalue weighted by Crippen LogP contribution is -2.60. The van der Waals surface area contributed by atoms with E-state index in [1.54, 1.807) is 0 Å². The monoisotopic (exact) mass is 570 g/mol. The van der Waals surface area contributed by atoms with Crippen molar-refractivity contribution in [3.8, 4) is 5.75 Å². The van der Waals surface area contributed by atoms with E-state index in [4.69, 9.17) is 9.47 Å². The molecule has 0 amide bonds. The molecule has 1 saturated heterocycles. The molecule has 42 heavy (non-hydrogen) atoms. The van der Waals surface area contributed by atoms with Crippen LogP contribution in [0.2, 0.25) is 0 Å². The van der Waals surface area contributed by atoms with Crippen LogP contribution >= 0.6 is 0 Å². The number of unbranched alkanes of at least 4 members (excludes halogenated alkanes) is 1. The predicted octanol–water partition coefficient (Wildman–Crippen LogP) is 7.22. The lowest BCUT2D eigenvalue weighted by molar-refractivity contribution is -0.462. The van der Waals surface area contributed by atoms with Gasteiger partial charge in [0.2, 0.25) is 0 Å². The van der Waals surface area contributed by atoms with E-state index in [-0.39, 0.29) is 11.1 Å². The Hall–Kier alpha value is -3.15. The highest BCUT2D eigenvalue weighted by atomic mass is 16.5. The highest BCUT2D eigenvalue weighted by molar-refractivity contribution is 6.04. The first kappa shape index (κ1) is 31.8. The zero-order valence-electron chi connectivity index (χ0n) is 27.4. The minimum atomic E-state index is 0.146. The highest BCUT2D eigenvalue weighted by Crippen LogP contribution is 2.38. The molecule has 0 N–H and O–H groups in total. The summed E-state index contributed by atoms with van der Waals surface area (Å²) in [5.74, 6) is 0.917. The molecule has 1 aliphatic heterocycles. The number of para-hydroxylation sites is 1. The van der Waals surface area contributed by atoms with Crippen molar-refractivity contribution in [2.75, 3.05) is 53.4 Å². The lowest BCUT2D eigenvalue weighted by atomic mass is 9.79. The number of allylic oxidation sites excluding steroid dienone is 5. The summed E-state index contributed by atoms with van der Waals surface area (Å²) >= 11 is 0. The van der Waals surface area contributed by atoms with Crippen molar-refractivity contribution in [2.45, 2.75) is 70.6 Å². The fraction of sp³-hybridized carbons (Fsp3) is 0.486. The van der Waals surface area contributed by atoms with Crippen LogP contribution in [0.25, 0.3) is 5.57 Å². The Morgan fingerprint density at radius 3 is 2.05 bits per heavy atom. The molecule has 1 heterocycles. The van der Waals surface area contributed by atoms with Gasteiger partial charge in [-0.3, -0.25) is 4.90 Å². The number of likely N-dealkylation sites (tertiary alicyclic amines) is 1. The summed E-state index contributed by atoms with van der Waals surface area (Å²) in [6, 6.07) is 17.2. The normalized spacial score (nSPS) is 18.3. The van der Waals surface area contributed by atoms with E-state index in [1.807, 2.05) is 0 Å². The first-order chi connectivity index (χ1) is 19.9. The van der Waals surface area contributed by atoms with E-state index in [1.165, 1.54) is 28.1 Å². The quantitative estimate of drug-likeness (QED) is 0.223. The van der Waals surface area contributed by atoms with Gasteiger partial charge in [-0.25, -0.2) is 4.58 Å². The number of ether oxygens (including phenoxy) is 2. The van der Waals surface area contributed by atoms with Gasteiger partial charge in [0.1, 0.15) is 19.8 Å². The Balaban J connectivity index is 1.46. The van der Waals surface area contributed by atoms with Crippen LogP contribution in [-0.2, 0) is 4.74 Å². The topological polar surface area (TPSA) is 28.0 Å². The highest BCUT2D eigenvalue weighted by Gasteiger charge is 2.43. The van der Waals surface area contributed by atoms with Crippen LogP contribution in [-0.4, -0.2) is 80.8 Å². The van der Waals surface area contributed by atoms with Crippen molar-refractivity contribution in [3.63, 3.8) is 0 Å². The maximum absolute atomic E-state index is 6.46. The molecule has 2 aromatic rings. The largest absolute Gasteiger partial charge is 0.493 e. The standard InChI is InChI=1S/C37H52N3O2/c1-36(2)26-32(27-37(3,4)40(36)9)41-24-12-13-25-42-34-15-11-10-14-33(34)35(28-16-20-30(21-17-28)38(5)6)29-18-22-31(23-19-29)39(7)8/h10-11,14-23,32H,12-13,24-27H2,1-9H3/q+1. The summed E-state index contributed by atoms with van der Waals surface area (Å²) in [6.45, 7) is 10.8. The van der Waals surface area contributed by atoms with E-state index in [0.29, 0.717) is 12.7 Å². The van der Waals surface area contributed by atoms with Crippen molar-refractivity contribution >= 4 is 17.0 Å². The predicted molar refractivity (Wildman–Crippen MR) is 178 cm³/mol. The smallest absolute Gasteiger partial charge is 0.199 e. The number of anilines is 1. The molecule has 2 aromatic carbocycles. The van der Waals surface area contributed by atoms with Gasteiger partial charge in [0, 0.05) is 55.2 Å². The minimum absolute atomic E-state index is 0.146. The second-order valence-electron chi connectivity index (χ2n) is 13.4. The number of benzene rings is 2. The Labute approximate surface area is 254 Å². The third-order valence-electron chi connectivity index (χ3n) is 8.92. The first-order valence-corrected chi connectivity index (χ1v) is 15.4. The van der Waals surface area contributed by atoms with Gasteiger partial charge in [-0.1, -0.05) is 30.3 Å². The Morgan fingerprint density at radius 1 is 0.857 bits per heavy atom. The molecule has 1 fully saturated rings. The summed E-state index contributed by atoms with van der Waals surface area (Å²) in [6.07, 6.45) is 13.2. The van der Waals surface area contributed by atoms with Gasteiger partial charge in [0.05, 0.1) is 12.7 Å². The number of piperidine rings is 1. The van der Waals surface area contributed by atoms with Gasteiger partial charge < -0.3 is 14.4 Å². The van der Waals surface area contributed by atoms with Crippen LogP contribution in [0, 0.1) is 0 Å². The number of nitrogens with zero attached hydrogens (tertiary/aromatic N) is 3. The van der Waals surface area contributed by atoms with Gasteiger partial charge >= 0.3 is 0 Å². The summed E-state index contributed by atoms with van der Waals surface area (Å²) in [5.41, 5.74) is 7.29. The molecule has 5 heteroatoms. The third-order valence-corrected chi connectivity index (χ3v) is 8.92. The molecule has 0 saturated carbocycles. The summed E-state index contributed by atoms with van der Waals surface area (Å²) in [7, 11) is 10.5. The second kappa shape index (κ2) is 13.4. The molecule has 0 spiro atoms. The molecular formula is C37H52N3O2+. The van der Waals surface area contributed by atoms with Crippen molar-refractivity contribution in [2.24, 2.45) is 0 Å². The molecule has 226 valence electrons. The van der Waals surface area contributed by atoms with E-state index in [0.717, 1.165) is 43.6 Å². The fourth-order valence-electron chi connectivity index (χ4n) is 6.16. The van der Waals surface area contributed by atoms with Gasteiger partial charge in [0.25, 0.3) is 0 Å². The van der Waals surface area contributed by atoms with Crippen LogP contribution in [0.4, 0.5) is 5.69 Å². The van der Waals surface area contributed by atoms with Crippen LogP contribution in [0.5, 0.6) is 5.75 Å². The van der Waals surface area contributed by atoms with E-state index >= 15 is 0 Å². The Morgan fingerprint density at radius 2 is 1.45 bits per heavy atom. The molecule has 1 aliphatic carbocycles. The zero-order valence-corrected chi connectivity index (χ0v) is 27.4. The van der Waals surface area contributed by atoms with E-state index < -0.39 is 0 Å². The molecule has 0 atom stereocenters. The summed E-state index contributed by atoms with van der Waals surface area (Å²) in [5, 5.41) is 0. The van der Waals surface area contributed by atoms with Crippen LogP contribution < -0.4 is 9.64 Å². The van der Waals surface area contributed by atoms with E-state index in [9.17, 15) is 0 Å².